The Labute approximate surface area is 63.7 Å². The molecule has 0 bridgehead atoms. The van der Waals surface area contributed by atoms with Crippen LogP contribution < -0.4 is 0 Å². The Kier molecular flexibility index (Phi) is 2.79. The van der Waals surface area contributed by atoms with Gasteiger partial charge in [0, 0.05) is 13.1 Å². The number of hydrogen-bond acceptors (Lipinski definition) is 1. The predicted octanol–water partition coefficient (Wildman–Crippen LogP) is 2.25. The van der Waals surface area contributed by atoms with Gasteiger partial charge in [-0.3, -0.25) is 0 Å². The van der Waals surface area contributed by atoms with Crippen LogP contribution in [0.15, 0.2) is 12.8 Å². The maximum absolute atomic E-state index is 3.78. The highest BCUT2D eigenvalue weighted by atomic mass is 15.1. The number of rotatable bonds is 1. The molecule has 0 radical (unpaired) electrons. The third-order valence-corrected chi connectivity index (χ3v) is 2.31. The Balaban J connectivity index is 2.32. The summed E-state index contributed by atoms with van der Waals surface area (Å²) in [6.45, 7) is 8.55. The van der Waals surface area contributed by atoms with Crippen molar-refractivity contribution in [2.45, 2.75) is 26.2 Å². The van der Waals surface area contributed by atoms with Crippen molar-refractivity contribution >= 4 is 0 Å². The largest absolute Gasteiger partial charge is 0.378 e. The van der Waals surface area contributed by atoms with E-state index in [1.807, 2.05) is 6.20 Å². The first-order valence-electron chi connectivity index (χ1n) is 4.19. The molecule has 0 aliphatic carbocycles. The molecule has 0 spiro atoms. The maximum Gasteiger partial charge on any atom is 0.0174 e. The van der Waals surface area contributed by atoms with Crippen molar-refractivity contribution in [1.29, 1.82) is 0 Å². The standard InChI is InChI=1S/C9H17N/c1-3-10-7-4-5-9(2)6-8-10/h3,9H,1,4-8H2,2H3. The SMILES string of the molecule is C=CN1CCCC(C)CC1. The Hall–Kier alpha value is -0.460. The van der Waals surface area contributed by atoms with Gasteiger partial charge in [-0.25, -0.2) is 0 Å². The van der Waals surface area contributed by atoms with Crippen LogP contribution in [0.5, 0.6) is 0 Å². The molecule has 1 fully saturated rings. The van der Waals surface area contributed by atoms with Gasteiger partial charge in [-0.2, -0.15) is 0 Å². The van der Waals surface area contributed by atoms with Crippen LogP contribution >= 0.6 is 0 Å². The fraction of sp³-hybridized carbons (Fsp3) is 0.778. The van der Waals surface area contributed by atoms with E-state index in [0.29, 0.717) is 0 Å². The summed E-state index contributed by atoms with van der Waals surface area (Å²) in [5.41, 5.74) is 0. The molecule has 1 aliphatic rings. The molecule has 1 rings (SSSR count). The molecule has 1 saturated heterocycles. The molecule has 0 amide bonds. The second kappa shape index (κ2) is 3.65. The molecule has 0 aromatic heterocycles. The minimum Gasteiger partial charge on any atom is -0.378 e. The van der Waals surface area contributed by atoms with E-state index in [9.17, 15) is 0 Å². The monoisotopic (exact) mass is 139 g/mol. The fourth-order valence-corrected chi connectivity index (χ4v) is 1.47. The lowest BCUT2D eigenvalue weighted by Gasteiger charge is -2.15. The highest BCUT2D eigenvalue weighted by Gasteiger charge is 2.09. The van der Waals surface area contributed by atoms with E-state index in [-0.39, 0.29) is 0 Å². The van der Waals surface area contributed by atoms with Gasteiger partial charge >= 0.3 is 0 Å². The molecule has 0 N–H and O–H groups in total. The van der Waals surface area contributed by atoms with Crippen LogP contribution in [0.2, 0.25) is 0 Å². The quantitative estimate of drug-likeness (QED) is 0.538. The van der Waals surface area contributed by atoms with Gasteiger partial charge in [-0.1, -0.05) is 13.5 Å². The summed E-state index contributed by atoms with van der Waals surface area (Å²) in [5.74, 6) is 0.921. The van der Waals surface area contributed by atoms with Crippen LogP contribution in [0.25, 0.3) is 0 Å². The zero-order valence-electron chi connectivity index (χ0n) is 6.84. The summed E-state index contributed by atoms with van der Waals surface area (Å²) in [7, 11) is 0. The molecule has 1 unspecified atom stereocenters. The Morgan fingerprint density at radius 2 is 2.20 bits per heavy atom. The van der Waals surface area contributed by atoms with Crippen LogP contribution in [0.3, 0.4) is 0 Å². The van der Waals surface area contributed by atoms with Crippen LogP contribution in [-0.2, 0) is 0 Å². The van der Waals surface area contributed by atoms with Gasteiger partial charge < -0.3 is 4.90 Å². The van der Waals surface area contributed by atoms with Crippen molar-refractivity contribution in [3.05, 3.63) is 12.8 Å². The summed E-state index contributed by atoms with van der Waals surface area (Å²) in [4.78, 5) is 2.32. The lowest BCUT2D eigenvalue weighted by molar-refractivity contribution is 0.386. The first-order chi connectivity index (χ1) is 4.83. The van der Waals surface area contributed by atoms with Gasteiger partial charge in [0.15, 0.2) is 0 Å². The predicted molar refractivity (Wildman–Crippen MR) is 44.8 cm³/mol. The first kappa shape index (κ1) is 7.64. The molecule has 0 saturated carbocycles. The molecule has 10 heavy (non-hydrogen) atoms. The number of likely N-dealkylation sites (tertiary alicyclic amines) is 1. The second-order valence-corrected chi connectivity index (χ2v) is 3.25. The van der Waals surface area contributed by atoms with Crippen molar-refractivity contribution < 1.29 is 0 Å². The van der Waals surface area contributed by atoms with Gasteiger partial charge in [0.25, 0.3) is 0 Å². The van der Waals surface area contributed by atoms with E-state index in [2.05, 4.69) is 18.4 Å². The average molecular weight is 139 g/mol. The second-order valence-electron chi connectivity index (χ2n) is 3.25. The molecular formula is C9H17N. The topological polar surface area (TPSA) is 3.24 Å². The lowest BCUT2D eigenvalue weighted by atomic mass is 10.0. The van der Waals surface area contributed by atoms with Crippen LogP contribution in [0, 0.1) is 5.92 Å². The van der Waals surface area contributed by atoms with Gasteiger partial charge in [0.1, 0.15) is 0 Å². The van der Waals surface area contributed by atoms with Gasteiger partial charge in [0.05, 0.1) is 0 Å². The van der Waals surface area contributed by atoms with Crippen LogP contribution in [0.1, 0.15) is 26.2 Å². The molecule has 1 heteroatoms. The summed E-state index contributed by atoms with van der Waals surface area (Å²) in [6, 6.07) is 0. The van der Waals surface area contributed by atoms with Gasteiger partial charge in [-0.05, 0) is 31.4 Å². The summed E-state index contributed by atoms with van der Waals surface area (Å²) in [5, 5.41) is 0. The molecular weight excluding hydrogens is 122 g/mol. The molecule has 1 heterocycles. The highest BCUT2D eigenvalue weighted by Crippen LogP contribution is 2.15. The van der Waals surface area contributed by atoms with E-state index in [0.717, 1.165) is 5.92 Å². The average Bonchev–Trinajstić information content (AvgIpc) is 2.14. The lowest BCUT2D eigenvalue weighted by Crippen LogP contribution is -2.17. The number of hydrogen-bond donors (Lipinski definition) is 0. The van der Waals surface area contributed by atoms with E-state index in [1.165, 1.54) is 32.4 Å². The maximum atomic E-state index is 3.78. The summed E-state index contributed by atoms with van der Waals surface area (Å²) in [6.07, 6.45) is 6.04. The Morgan fingerprint density at radius 1 is 1.40 bits per heavy atom. The Morgan fingerprint density at radius 3 is 2.90 bits per heavy atom. The minimum atomic E-state index is 0.921. The number of nitrogens with zero attached hydrogens (tertiary/aromatic N) is 1. The third kappa shape index (κ3) is 2.05. The zero-order valence-corrected chi connectivity index (χ0v) is 6.84. The van der Waals surface area contributed by atoms with Crippen molar-refractivity contribution in [3.63, 3.8) is 0 Å². The van der Waals surface area contributed by atoms with Crippen molar-refractivity contribution in [2.75, 3.05) is 13.1 Å². The van der Waals surface area contributed by atoms with E-state index in [1.54, 1.807) is 0 Å². The first-order valence-corrected chi connectivity index (χ1v) is 4.19. The van der Waals surface area contributed by atoms with E-state index in [4.69, 9.17) is 0 Å². The normalized spacial score (nSPS) is 27.7. The Bertz CT molecular complexity index is 109. The summed E-state index contributed by atoms with van der Waals surface area (Å²) < 4.78 is 0. The fourth-order valence-electron chi connectivity index (χ4n) is 1.47. The molecule has 1 nitrogen and oxygen atoms in total. The third-order valence-electron chi connectivity index (χ3n) is 2.31. The van der Waals surface area contributed by atoms with Crippen molar-refractivity contribution in [2.24, 2.45) is 5.92 Å². The van der Waals surface area contributed by atoms with E-state index >= 15 is 0 Å². The summed E-state index contributed by atoms with van der Waals surface area (Å²) >= 11 is 0. The molecule has 0 aromatic rings. The minimum absolute atomic E-state index is 0.921. The van der Waals surface area contributed by atoms with Crippen LogP contribution in [0.4, 0.5) is 0 Å². The smallest absolute Gasteiger partial charge is 0.0174 e. The van der Waals surface area contributed by atoms with E-state index < -0.39 is 0 Å². The van der Waals surface area contributed by atoms with Gasteiger partial charge in [0.2, 0.25) is 0 Å². The van der Waals surface area contributed by atoms with Crippen molar-refractivity contribution in [3.8, 4) is 0 Å². The van der Waals surface area contributed by atoms with Crippen molar-refractivity contribution in [1.82, 2.24) is 4.90 Å². The highest BCUT2D eigenvalue weighted by molar-refractivity contribution is 4.74. The van der Waals surface area contributed by atoms with Gasteiger partial charge in [-0.15, -0.1) is 0 Å². The molecule has 0 aromatic carbocycles. The zero-order chi connectivity index (χ0) is 7.40. The molecule has 1 aliphatic heterocycles. The van der Waals surface area contributed by atoms with Crippen LogP contribution in [-0.4, -0.2) is 18.0 Å². The molecule has 58 valence electrons. The molecule has 1 atom stereocenters.